The number of nitro groups is 1. The number of hydrogen-bond acceptors (Lipinski definition) is 5. The maximum atomic E-state index is 10.4. The lowest BCUT2D eigenvalue weighted by molar-refractivity contribution is -0.389. The Labute approximate surface area is 92.8 Å². The lowest BCUT2D eigenvalue weighted by Crippen LogP contribution is -2.34. The van der Waals surface area contributed by atoms with Crippen molar-refractivity contribution in [1.29, 1.82) is 0 Å². The van der Waals surface area contributed by atoms with Crippen LogP contribution in [0, 0.1) is 10.1 Å². The van der Waals surface area contributed by atoms with E-state index in [4.69, 9.17) is 4.74 Å². The molecule has 2 heterocycles. The fourth-order valence-electron chi connectivity index (χ4n) is 1.66. The van der Waals surface area contributed by atoms with Gasteiger partial charge in [-0.15, -0.1) is 0 Å². The van der Waals surface area contributed by atoms with Crippen molar-refractivity contribution in [2.45, 2.75) is 18.9 Å². The monoisotopic (exact) mass is 223 g/mol. The summed E-state index contributed by atoms with van der Waals surface area (Å²) in [7, 11) is 0. The fourth-order valence-corrected chi connectivity index (χ4v) is 1.66. The highest BCUT2D eigenvalue weighted by molar-refractivity contribution is 5.26. The van der Waals surface area contributed by atoms with Crippen molar-refractivity contribution in [2.24, 2.45) is 0 Å². The molecule has 0 atom stereocenters. The Hall–Kier alpha value is -1.69. The van der Waals surface area contributed by atoms with Gasteiger partial charge in [-0.25, -0.2) is 0 Å². The normalized spacial score (nSPS) is 17.0. The third-order valence-corrected chi connectivity index (χ3v) is 2.50. The molecule has 1 saturated heterocycles. The largest absolute Gasteiger partial charge is 0.486 e. The highest BCUT2D eigenvalue weighted by atomic mass is 16.6. The zero-order valence-corrected chi connectivity index (χ0v) is 8.76. The molecule has 86 valence electrons. The third-order valence-electron chi connectivity index (χ3n) is 2.50. The van der Waals surface area contributed by atoms with Gasteiger partial charge < -0.3 is 20.2 Å². The molecule has 6 heteroatoms. The van der Waals surface area contributed by atoms with Crippen LogP contribution in [0.25, 0.3) is 0 Å². The number of nitrogens with one attached hydrogen (secondary N) is 1. The van der Waals surface area contributed by atoms with Crippen LogP contribution in [0.1, 0.15) is 12.8 Å². The molecule has 1 aromatic rings. The van der Waals surface area contributed by atoms with Crippen LogP contribution >= 0.6 is 0 Å². The molecular weight excluding hydrogens is 210 g/mol. The highest BCUT2D eigenvalue weighted by Gasteiger charge is 2.15. The Morgan fingerprint density at radius 3 is 2.75 bits per heavy atom. The zero-order valence-electron chi connectivity index (χ0n) is 8.76. The van der Waals surface area contributed by atoms with Gasteiger partial charge in [-0.05, 0) is 41.9 Å². The first-order chi connectivity index (χ1) is 7.75. The standard InChI is InChI=1S/C10H13N3O3/c14-13(15)10-2-1-9(7-12-10)16-8-3-5-11-6-4-8/h1-2,7-8,11H,3-6H2. The van der Waals surface area contributed by atoms with E-state index in [0.29, 0.717) is 5.75 Å². The van der Waals surface area contributed by atoms with Crippen molar-refractivity contribution in [2.75, 3.05) is 13.1 Å². The zero-order chi connectivity index (χ0) is 11.4. The SMILES string of the molecule is O=[N+]([O-])c1ccc(OC2CCNCC2)cn1. The molecule has 0 saturated carbocycles. The minimum absolute atomic E-state index is 0.155. The summed E-state index contributed by atoms with van der Waals surface area (Å²) < 4.78 is 5.66. The first-order valence-electron chi connectivity index (χ1n) is 5.23. The van der Waals surface area contributed by atoms with Crippen LogP contribution in [-0.4, -0.2) is 29.1 Å². The maximum Gasteiger partial charge on any atom is 0.363 e. The summed E-state index contributed by atoms with van der Waals surface area (Å²) >= 11 is 0. The Kier molecular flexibility index (Phi) is 3.31. The first-order valence-corrected chi connectivity index (χ1v) is 5.23. The molecule has 2 rings (SSSR count). The first kappa shape index (κ1) is 10.8. The number of piperidine rings is 1. The van der Waals surface area contributed by atoms with Gasteiger partial charge in [0.05, 0.1) is 0 Å². The smallest absolute Gasteiger partial charge is 0.363 e. The molecule has 0 amide bonds. The molecule has 0 unspecified atom stereocenters. The average Bonchev–Trinajstić information content (AvgIpc) is 2.31. The third kappa shape index (κ3) is 2.66. The maximum absolute atomic E-state index is 10.4. The number of ether oxygens (including phenoxy) is 1. The molecule has 1 aliphatic heterocycles. The Morgan fingerprint density at radius 1 is 1.44 bits per heavy atom. The van der Waals surface area contributed by atoms with Gasteiger partial charge in [0.25, 0.3) is 0 Å². The van der Waals surface area contributed by atoms with E-state index in [0.717, 1.165) is 25.9 Å². The van der Waals surface area contributed by atoms with E-state index in [-0.39, 0.29) is 11.9 Å². The van der Waals surface area contributed by atoms with E-state index >= 15 is 0 Å². The molecular formula is C10H13N3O3. The molecule has 1 aliphatic rings. The van der Waals surface area contributed by atoms with Gasteiger partial charge in [0.1, 0.15) is 6.10 Å². The molecule has 6 nitrogen and oxygen atoms in total. The molecule has 0 radical (unpaired) electrons. The van der Waals surface area contributed by atoms with Crippen molar-refractivity contribution in [3.63, 3.8) is 0 Å². The number of aromatic nitrogens is 1. The molecule has 16 heavy (non-hydrogen) atoms. The van der Waals surface area contributed by atoms with Crippen molar-refractivity contribution in [3.05, 3.63) is 28.4 Å². The van der Waals surface area contributed by atoms with E-state index in [9.17, 15) is 10.1 Å². The predicted octanol–water partition coefficient (Wildman–Crippen LogP) is 1.12. The average molecular weight is 223 g/mol. The summed E-state index contributed by atoms with van der Waals surface area (Å²) in [5.41, 5.74) is 0. The topological polar surface area (TPSA) is 77.3 Å². The van der Waals surface area contributed by atoms with Gasteiger partial charge in [-0.3, -0.25) is 0 Å². The van der Waals surface area contributed by atoms with E-state index in [1.807, 2.05) is 0 Å². The van der Waals surface area contributed by atoms with Crippen molar-refractivity contribution >= 4 is 5.82 Å². The van der Waals surface area contributed by atoms with Crippen molar-refractivity contribution in [1.82, 2.24) is 10.3 Å². The minimum atomic E-state index is -0.520. The van der Waals surface area contributed by atoms with Crippen LogP contribution in [0.15, 0.2) is 18.3 Å². The number of hydrogen-bond donors (Lipinski definition) is 1. The molecule has 0 aliphatic carbocycles. The summed E-state index contributed by atoms with van der Waals surface area (Å²) in [6.07, 6.45) is 3.50. The van der Waals surface area contributed by atoms with Crippen LogP contribution in [0.2, 0.25) is 0 Å². The van der Waals surface area contributed by atoms with Gasteiger partial charge in [0.2, 0.25) is 0 Å². The van der Waals surface area contributed by atoms with Crippen LogP contribution in [-0.2, 0) is 0 Å². The van der Waals surface area contributed by atoms with Crippen LogP contribution in [0.3, 0.4) is 0 Å². The van der Waals surface area contributed by atoms with E-state index in [1.165, 1.54) is 12.3 Å². The Bertz CT molecular complexity index is 360. The summed E-state index contributed by atoms with van der Waals surface area (Å²) in [5.74, 6) is 0.440. The molecule has 1 N–H and O–H groups in total. The molecule has 0 bridgehead atoms. The van der Waals surface area contributed by atoms with E-state index < -0.39 is 4.92 Å². The van der Waals surface area contributed by atoms with Gasteiger partial charge in [-0.1, -0.05) is 0 Å². The fraction of sp³-hybridized carbons (Fsp3) is 0.500. The van der Waals surface area contributed by atoms with Crippen LogP contribution < -0.4 is 10.1 Å². The summed E-state index contributed by atoms with van der Waals surface area (Å²) in [6.45, 7) is 1.90. The minimum Gasteiger partial charge on any atom is -0.486 e. The quantitative estimate of drug-likeness (QED) is 0.613. The second-order valence-corrected chi connectivity index (χ2v) is 3.68. The summed E-state index contributed by atoms with van der Waals surface area (Å²) in [4.78, 5) is 13.6. The number of pyridine rings is 1. The predicted molar refractivity (Wildman–Crippen MR) is 57.4 cm³/mol. The number of nitrogens with zero attached hydrogens (tertiary/aromatic N) is 2. The Morgan fingerprint density at radius 2 is 2.19 bits per heavy atom. The number of rotatable bonds is 3. The summed E-state index contributed by atoms with van der Waals surface area (Å²) in [5, 5.41) is 13.6. The van der Waals surface area contributed by atoms with Gasteiger partial charge >= 0.3 is 5.82 Å². The van der Waals surface area contributed by atoms with Gasteiger partial charge in [0, 0.05) is 6.07 Å². The summed E-state index contributed by atoms with van der Waals surface area (Å²) in [6, 6.07) is 2.95. The Balaban J connectivity index is 1.96. The molecule has 0 aromatic carbocycles. The van der Waals surface area contributed by atoms with Gasteiger partial charge in [0.15, 0.2) is 11.9 Å². The highest BCUT2D eigenvalue weighted by Crippen LogP contribution is 2.17. The lowest BCUT2D eigenvalue weighted by Gasteiger charge is -2.23. The lowest BCUT2D eigenvalue weighted by atomic mass is 10.1. The molecule has 0 spiro atoms. The van der Waals surface area contributed by atoms with E-state index in [2.05, 4.69) is 10.3 Å². The second-order valence-electron chi connectivity index (χ2n) is 3.68. The molecule has 1 fully saturated rings. The van der Waals surface area contributed by atoms with Gasteiger partial charge in [-0.2, -0.15) is 0 Å². The second kappa shape index (κ2) is 4.89. The van der Waals surface area contributed by atoms with Crippen LogP contribution in [0.4, 0.5) is 5.82 Å². The van der Waals surface area contributed by atoms with Crippen molar-refractivity contribution < 1.29 is 9.66 Å². The van der Waals surface area contributed by atoms with Crippen LogP contribution in [0.5, 0.6) is 5.75 Å². The van der Waals surface area contributed by atoms with Crippen molar-refractivity contribution in [3.8, 4) is 5.75 Å². The molecule has 1 aromatic heterocycles. The van der Waals surface area contributed by atoms with E-state index in [1.54, 1.807) is 6.07 Å².